The van der Waals surface area contributed by atoms with Crippen LogP contribution in [0.2, 0.25) is 0 Å². The number of ether oxygens (including phenoxy) is 2. The summed E-state index contributed by atoms with van der Waals surface area (Å²) in [6.45, 7) is 8.11. The van der Waals surface area contributed by atoms with Gasteiger partial charge in [-0.1, -0.05) is 184 Å². The number of likely N-dealkylation sites (N-methyl/N-ethyl adjacent to an activating group) is 6. The molecule has 0 aliphatic heterocycles. The van der Waals surface area contributed by atoms with Crippen molar-refractivity contribution in [2.75, 3.05) is 123 Å². The summed E-state index contributed by atoms with van der Waals surface area (Å²) in [5.74, 6) is -2.06. The number of nitrogens with one attached hydrogen (secondary N) is 2. The lowest BCUT2D eigenvalue weighted by Gasteiger charge is -2.25. The summed E-state index contributed by atoms with van der Waals surface area (Å²) < 4.78 is 9.43. The van der Waals surface area contributed by atoms with Crippen LogP contribution in [0.15, 0.2) is 103 Å². The second-order valence-corrected chi connectivity index (χ2v) is 32.2. The zero-order chi connectivity index (χ0) is 82.8. The molecule has 0 bridgehead atoms. The minimum atomic E-state index is -0.488. The highest BCUT2D eigenvalue weighted by Gasteiger charge is 2.44. The zero-order valence-electron chi connectivity index (χ0n) is 65.8. The molecular formula is C80H103N11O12S8. The first kappa shape index (κ1) is 93.5. The van der Waals surface area contributed by atoms with E-state index in [1.54, 1.807) is 98.5 Å². The molecule has 0 spiro atoms. The van der Waals surface area contributed by atoms with Crippen molar-refractivity contribution in [2.45, 2.75) is 104 Å². The lowest BCUT2D eigenvalue weighted by atomic mass is 10.1. The summed E-state index contributed by atoms with van der Waals surface area (Å²) in [6.07, 6.45) is 7.91. The average Bonchev–Trinajstić information content (AvgIpc) is 1.65. The van der Waals surface area contributed by atoms with E-state index in [2.05, 4.69) is 41.7 Å². The fourth-order valence-corrected chi connectivity index (χ4v) is 13.2. The van der Waals surface area contributed by atoms with Crippen LogP contribution in [-0.4, -0.2) is 266 Å². The summed E-state index contributed by atoms with van der Waals surface area (Å²) in [4.78, 5) is 139. The number of carbonyl (C=O) groups is 10. The van der Waals surface area contributed by atoms with Crippen molar-refractivity contribution < 1.29 is 57.4 Å². The number of esters is 2. The Morgan fingerprint density at radius 1 is 0.396 bits per heavy atom. The van der Waals surface area contributed by atoms with E-state index < -0.39 is 11.9 Å². The van der Waals surface area contributed by atoms with Crippen molar-refractivity contribution >= 4 is 196 Å². The topological polar surface area (TPSA) is 242 Å². The predicted molar refractivity (Wildman–Crippen MR) is 464 cm³/mol. The van der Waals surface area contributed by atoms with Gasteiger partial charge < -0.3 is 43.8 Å². The van der Waals surface area contributed by atoms with E-state index in [1.165, 1.54) is 24.2 Å². The first-order chi connectivity index (χ1) is 52.2. The number of hydrogen-bond acceptors (Lipinski definition) is 21. The highest BCUT2D eigenvalue weighted by atomic mass is 32.1. The summed E-state index contributed by atoms with van der Waals surface area (Å²) in [6, 6.07) is 30.8. The lowest BCUT2D eigenvalue weighted by Crippen LogP contribution is -2.47. The minimum Gasteiger partial charge on any atom is -0.465 e. The Kier molecular flexibility index (Phi) is 37.3. The van der Waals surface area contributed by atoms with Gasteiger partial charge in [0.25, 0.3) is 0 Å². The summed E-state index contributed by atoms with van der Waals surface area (Å²) in [5.41, 5.74) is 10.2. The van der Waals surface area contributed by atoms with Gasteiger partial charge >= 0.3 is 11.9 Å². The Bertz CT molecular complexity index is 3980. The number of hydrazine groups is 2. The molecule has 4 aliphatic rings. The molecule has 23 nitrogen and oxygen atoms in total. The molecule has 4 aliphatic carbocycles. The molecule has 4 aromatic carbocycles. The Morgan fingerprint density at radius 3 is 1.05 bits per heavy atom. The minimum absolute atomic E-state index is 0.0483. The van der Waals surface area contributed by atoms with E-state index in [0.717, 1.165) is 94.6 Å². The van der Waals surface area contributed by atoms with Crippen molar-refractivity contribution in [3.8, 4) is 0 Å². The monoisotopic (exact) mass is 1670 g/mol. The van der Waals surface area contributed by atoms with Crippen molar-refractivity contribution in [3.05, 3.63) is 142 Å². The number of carbonyl (C=O) groups excluding carboxylic acids is 10. The van der Waals surface area contributed by atoms with Gasteiger partial charge in [-0.25, -0.2) is 9.59 Å². The van der Waals surface area contributed by atoms with Crippen LogP contribution in [0.1, 0.15) is 146 Å². The van der Waals surface area contributed by atoms with Crippen LogP contribution >= 0.6 is 97.7 Å². The normalized spacial score (nSPS) is 13.5. The molecule has 31 heteroatoms. The van der Waals surface area contributed by atoms with Crippen LogP contribution in [-0.2, 0) is 54.4 Å². The van der Waals surface area contributed by atoms with Gasteiger partial charge in [-0.15, -0.1) is 0 Å². The summed E-state index contributed by atoms with van der Waals surface area (Å²) in [5, 5.41) is 3.06. The fraction of sp³-hybridized carbons (Fsp3) is 0.475. The number of hydrogen-bond donors (Lipinski definition) is 2. The van der Waals surface area contributed by atoms with E-state index in [1.807, 2.05) is 92.3 Å². The maximum Gasteiger partial charge on any atom is 0.337 e. The standard InChI is InChI=1S/C25H31N3O2S2.C25H26N2O6S2.C17H26N2O2S2.C13H20N4O2S2/c1-5-28(25(32)21-13-9-10-19(14-21)16-26(2)3)18-23(30)15-22(29)17-27(4)24(31)20-11-7-6-8-12-20;1-26(22(34)16-7-5-9-18(11-16)24(30)32-3)14-20(28)13-21(29)15-27(2)23(35)17-8-6-10-19(12-17)25(31)33-4;1-16(5-6-16)14(22)18(3)10-12(20)9-13(21)11-19(4)15(23)17(2)7-8-17;1-16(12(20)8-3-4-8)14-10(18)7-11(19)15-17(2)13(21)9-5-6-9/h6-14H,5,15-18H2,1-4H3;5-12H,13-15H2,1-4H3;5-11H2,1-4H3;8-9H,3-7H2,1-2H3,(H,14,18)(H,15,19). The van der Waals surface area contributed by atoms with Gasteiger partial charge in [0.1, 0.15) is 26.4 Å². The second-order valence-electron chi connectivity index (χ2n) is 29.0. The van der Waals surface area contributed by atoms with Gasteiger partial charge in [0.15, 0.2) is 34.7 Å². The quantitative estimate of drug-likeness (QED) is 0.0195. The van der Waals surface area contributed by atoms with Crippen LogP contribution in [0.5, 0.6) is 0 Å². The number of Topliss-reactive ketones (excluding diaryl/α,β-unsaturated/α-hetero) is 6. The Balaban J connectivity index is 0.000000270. The second kappa shape index (κ2) is 44.3. The van der Waals surface area contributed by atoms with Crippen LogP contribution in [0.3, 0.4) is 0 Å². The number of thiocarbonyl (C=S) groups is 8. The zero-order valence-corrected chi connectivity index (χ0v) is 72.3. The number of benzene rings is 4. The van der Waals surface area contributed by atoms with Gasteiger partial charge in [-0.3, -0.25) is 59.2 Å². The number of nitrogens with zero attached hydrogens (tertiary/aromatic N) is 9. The molecule has 0 aromatic heterocycles. The fourth-order valence-electron chi connectivity index (χ4n) is 11.2. The van der Waals surface area contributed by atoms with Crippen molar-refractivity contribution in [1.29, 1.82) is 0 Å². The number of amides is 2. The third-order valence-corrected chi connectivity index (χ3v) is 23.2. The van der Waals surface area contributed by atoms with E-state index in [-0.39, 0.29) is 122 Å². The summed E-state index contributed by atoms with van der Waals surface area (Å²) >= 11 is 43.3. The van der Waals surface area contributed by atoms with Crippen molar-refractivity contribution in [2.24, 2.45) is 22.7 Å². The number of rotatable bonds is 33. The van der Waals surface area contributed by atoms with E-state index in [9.17, 15) is 47.9 Å². The van der Waals surface area contributed by atoms with Gasteiger partial charge in [0, 0.05) is 107 Å². The maximum absolute atomic E-state index is 12.6. The maximum atomic E-state index is 12.6. The molecule has 2 N–H and O–H groups in total. The van der Waals surface area contributed by atoms with Gasteiger partial charge in [-0.05, 0) is 108 Å². The first-order valence-electron chi connectivity index (χ1n) is 36.2. The van der Waals surface area contributed by atoms with Crippen LogP contribution in [0.4, 0.5) is 0 Å². The molecule has 111 heavy (non-hydrogen) atoms. The molecule has 598 valence electrons. The Morgan fingerprint density at radius 2 is 0.712 bits per heavy atom. The molecule has 0 radical (unpaired) electrons. The smallest absolute Gasteiger partial charge is 0.337 e. The molecule has 0 unspecified atom stereocenters. The van der Waals surface area contributed by atoms with E-state index >= 15 is 0 Å². The SMILES string of the molecule is CCN(CC(=O)CC(=O)CN(C)C(=S)c1ccccc1)C(=S)c1cccc(CN(C)C)c1.CN(CC(=O)CC(=O)CN(C)C(=S)C1(C)CC1)C(=S)C1(C)CC1.CN(NC(=O)CC(=O)NN(C)C(=S)C1CC1)C(=S)C1CC1.COC(=O)c1cccc(C(=S)N(C)CC(=O)CC(=O)CN(C)C(=S)c2cccc(C(=O)OC)c2)c1. The molecular weight excluding hydrogens is 1560 g/mol. The van der Waals surface area contributed by atoms with E-state index in [0.29, 0.717) is 60.6 Å². The van der Waals surface area contributed by atoms with Crippen LogP contribution in [0, 0.1) is 22.7 Å². The predicted octanol–water partition coefficient (Wildman–Crippen LogP) is 9.69. The molecule has 8 rings (SSSR count). The molecule has 4 fully saturated rings. The Labute approximate surface area is 696 Å². The van der Waals surface area contributed by atoms with Gasteiger partial charge in [0.05, 0.1) is 104 Å². The highest BCUT2D eigenvalue weighted by Crippen LogP contribution is 2.48. The van der Waals surface area contributed by atoms with Gasteiger partial charge in [0.2, 0.25) is 11.8 Å². The van der Waals surface area contributed by atoms with Gasteiger partial charge in [-0.2, -0.15) is 0 Å². The Hall–Kier alpha value is -8.14. The molecule has 0 atom stereocenters. The largest absolute Gasteiger partial charge is 0.465 e. The molecule has 4 aromatic rings. The van der Waals surface area contributed by atoms with E-state index in [4.69, 9.17) is 107 Å². The third-order valence-electron chi connectivity index (χ3n) is 18.2. The van der Waals surface area contributed by atoms with Crippen molar-refractivity contribution in [1.82, 2.24) is 55.2 Å². The lowest BCUT2D eigenvalue weighted by molar-refractivity contribution is -0.133. The molecule has 0 saturated heterocycles. The average molecular weight is 1670 g/mol. The third kappa shape index (κ3) is 31.4. The highest BCUT2D eigenvalue weighted by molar-refractivity contribution is 7.82. The molecule has 4 saturated carbocycles. The van der Waals surface area contributed by atoms with Crippen molar-refractivity contribution in [3.63, 3.8) is 0 Å². The molecule has 2 amide bonds. The molecule has 0 heterocycles. The van der Waals surface area contributed by atoms with Crippen LogP contribution < -0.4 is 10.9 Å². The summed E-state index contributed by atoms with van der Waals surface area (Å²) in [7, 11) is 18.7. The number of methoxy groups -OCH3 is 2. The van der Waals surface area contributed by atoms with Crippen LogP contribution in [0.25, 0.3) is 0 Å². The first-order valence-corrected chi connectivity index (χ1v) is 39.5. The number of ketones is 6.